The molecule has 1 aromatic carbocycles. The number of ether oxygens (including phenoxy) is 1. The summed E-state index contributed by atoms with van der Waals surface area (Å²) < 4.78 is 5.94. The second-order valence-corrected chi connectivity index (χ2v) is 5.44. The standard InChI is InChI=1S/C16H21ClN2O3/c1-2-3-5-14(6-4-9-19-16(20)21)22-15-10-13(17)8-7-12(15)11-18/h7-8,10,14,19H,2-6,9H2,1H3,(H,20,21). The predicted octanol–water partition coefficient (Wildman–Crippen LogP) is 4.20. The largest absolute Gasteiger partial charge is 0.489 e. The van der Waals surface area contributed by atoms with E-state index in [-0.39, 0.29) is 6.10 Å². The lowest BCUT2D eigenvalue weighted by molar-refractivity contribution is 0.171. The third kappa shape index (κ3) is 6.68. The first-order valence-corrected chi connectivity index (χ1v) is 7.77. The fourth-order valence-electron chi connectivity index (χ4n) is 2.08. The topological polar surface area (TPSA) is 82.3 Å². The van der Waals surface area contributed by atoms with Gasteiger partial charge in [-0.2, -0.15) is 5.26 Å². The van der Waals surface area contributed by atoms with Gasteiger partial charge in [0.15, 0.2) is 0 Å². The Morgan fingerprint density at radius 1 is 1.45 bits per heavy atom. The minimum Gasteiger partial charge on any atom is -0.489 e. The molecule has 0 spiro atoms. The summed E-state index contributed by atoms with van der Waals surface area (Å²) in [6.07, 6.45) is 3.25. The number of rotatable bonds is 9. The first-order chi connectivity index (χ1) is 10.6. The molecule has 0 fully saturated rings. The fraction of sp³-hybridized carbons (Fsp3) is 0.500. The molecule has 0 bridgehead atoms. The molecule has 22 heavy (non-hydrogen) atoms. The van der Waals surface area contributed by atoms with E-state index in [0.717, 1.165) is 25.7 Å². The first-order valence-electron chi connectivity index (χ1n) is 7.40. The van der Waals surface area contributed by atoms with Crippen molar-refractivity contribution >= 4 is 17.7 Å². The summed E-state index contributed by atoms with van der Waals surface area (Å²) in [6, 6.07) is 7.04. The molecule has 0 aliphatic rings. The van der Waals surface area contributed by atoms with E-state index >= 15 is 0 Å². The molecule has 6 heteroatoms. The summed E-state index contributed by atoms with van der Waals surface area (Å²) in [6.45, 7) is 2.49. The third-order valence-corrected chi connectivity index (χ3v) is 3.45. The van der Waals surface area contributed by atoms with E-state index in [0.29, 0.717) is 29.3 Å². The molecule has 1 unspecified atom stereocenters. The van der Waals surface area contributed by atoms with Crippen molar-refractivity contribution in [3.8, 4) is 11.8 Å². The lowest BCUT2D eigenvalue weighted by Crippen LogP contribution is -2.24. The van der Waals surface area contributed by atoms with Gasteiger partial charge >= 0.3 is 6.09 Å². The number of carboxylic acid groups (broad SMARTS) is 1. The van der Waals surface area contributed by atoms with Crippen LogP contribution in [-0.2, 0) is 0 Å². The number of hydrogen-bond acceptors (Lipinski definition) is 3. The molecule has 0 saturated carbocycles. The van der Waals surface area contributed by atoms with Gasteiger partial charge in [0.25, 0.3) is 0 Å². The Kier molecular flexibility index (Phi) is 8.16. The van der Waals surface area contributed by atoms with Crippen molar-refractivity contribution in [3.05, 3.63) is 28.8 Å². The Morgan fingerprint density at radius 3 is 2.82 bits per heavy atom. The van der Waals surface area contributed by atoms with E-state index < -0.39 is 6.09 Å². The predicted molar refractivity (Wildman–Crippen MR) is 85.4 cm³/mol. The van der Waals surface area contributed by atoms with Gasteiger partial charge in [0.1, 0.15) is 11.8 Å². The Bertz CT molecular complexity index is 529. The molecule has 120 valence electrons. The Morgan fingerprint density at radius 2 is 2.18 bits per heavy atom. The van der Waals surface area contributed by atoms with Crippen LogP contribution in [0.4, 0.5) is 4.79 Å². The molecule has 0 heterocycles. The zero-order valence-corrected chi connectivity index (χ0v) is 13.4. The average molecular weight is 325 g/mol. The molecule has 0 aromatic heterocycles. The molecule has 0 aliphatic heterocycles. The van der Waals surface area contributed by atoms with Gasteiger partial charge in [-0.3, -0.25) is 0 Å². The molecule has 5 nitrogen and oxygen atoms in total. The number of amides is 1. The molecule has 1 amide bonds. The zero-order valence-electron chi connectivity index (χ0n) is 12.6. The van der Waals surface area contributed by atoms with E-state index in [1.165, 1.54) is 0 Å². The molecule has 1 aromatic rings. The summed E-state index contributed by atoms with van der Waals surface area (Å²) >= 11 is 5.96. The number of nitriles is 1. The number of unbranched alkanes of at least 4 members (excludes halogenated alkanes) is 1. The Labute approximate surface area is 135 Å². The zero-order chi connectivity index (χ0) is 16.4. The highest BCUT2D eigenvalue weighted by Crippen LogP contribution is 2.25. The first kappa shape index (κ1) is 18.1. The Balaban J connectivity index is 2.65. The van der Waals surface area contributed by atoms with Gasteiger partial charge in [-0.25, -0.2) is 4.79 Å². The van der Waals surface area contributed by atoms with E-state index in [9.17, 15) is 4.79 Å². The number of hydrogen-bond donors (Lipinski definition) is 2. The SMILES string of the molecule is CCCCC(CCCNC(=O)O)Oc1cc(Cl)ccc1C#N. The average Bonchev–Trinajstić information content (AvgIpc) is 2.48. The minimum atomic E-state index is -1.02. The summed E-state index contributed by atoms with van der Waals surface area (Å²) in [5, 5.41) is 20.6. The maximum absolute atomic E-state index is 10.4. The molecule has 0 saturated heterocycles. The third-order valence-electron chi connectivity index (χ3n) is 3.22. The van der Waals surface area contributed by atoms with E-state index in [1.807, 2.05) is 0 Å². The number of halogens is 1. The van der Waals surface area contributed by atoms with Crippen molar-refractivity contribution in [2.75, 3.05) is 6.54 Å². The Hall–Kier alpha value is -1.93. The van der Waals surface area contributed by atoms with Crippen LogP contribution in [0.2, 0.25) is 5.02 Å². The van der Waals surface area contributed by atoms with Crippen LogP contribution in [-0.4, -0.2) is 23.8 Å². The number of carbonyl (C=O) groups is 1. The van der Waals surface area contributed by atoms with Gasteiger partial charge in [-0.1, -0.05) is 31.4 Å². The quantitative estimate of drug-likeness (QED) is 0.667. The van der Waals surface area contributed by atoms with Crippen LogP contribution in [0.3, 0.4) is 0 Å². The highest BCUT2D eigenvalue weighted by atomic mass is 35.5. The second kappa shape index (κ2) is 9.91. The molecular formula is C16H21ClN2O3. The van der Waals surface area contributed by atoms with Gasteiger partial charge in [0, 0.05) is 17.6 Å². The number of nitrogens with one attached hydrogen (secondary N) is 1. The van der Waals surface area contributed by atoms with Gasteiger partial charge < -0.3 is 15.2 Å². The van der Waals surface area contributed by atoms with Crippen molar-refractivity contribution in [3.63, 3.8) is 0 Å². The van der Waals surface area contributed by atoms with Crippen molar-refractivity contribution in [1.82, 2.24) is 5.32 Å². The molecule has 1 atom stereocenters. The maximum Gasteiger partial charge on any atom is 0.404 e. The van der Waals surface area contributed by atoms with Gasteiger partial charge in [-0.05, 0) is 31.4 Å². The van der Waals surface area contributed by atoms with Gasteiger partial charge in [-0.15, -0.1) is 0 Å². The lowest BCUT2D eigenvalue weighted by Gasteiger charge is -2.20. The normalized spacial score (nSPS) is 11.5. The van der Waals surface area contributed by atoms with Crippen LogP contribution in [0.5, 0.6) is 5.75 Å². The summed E-state index contributed by atoms with van der Waals surface area (Å²) in [7, 11) is 0. The molecule has 2 N–H and O–H groups in total. The van der Waals surface area contributed by atoms with Crippen LogP contribution in [0, 0.1) is 11.3 Å². The van der Waals surface area contributed by atoms with E-state index in [1.54, 1.807) is 18.2 Å². The second-order valence-electron chi connectivity index (χ2n) is 5.01. The number of nitrogens with zero attached hydrogens (tertiary/aromatic N) is 1. The minimum absolute atomic E-state index is 0.0545. The summed E-state index contributed by atoms with van der Waals surface area (Å²) in [4.78, 5) is 10.4. The smallest absolute Gasteiger partial charge is 0.404 e. The highest BCUT2D eigenvalue weighted by molar-refractivity contribution is 6.30. The van der Waals surface area contributed by atoms with Crippen molar-refractivity contribution in [1.29, 1.82) is 5.26 Å². The lowest BCUT2D eigenvalue weighted by atomic mass is 10.1. The molecule has 0 radical (unpaired) electrons. The van der Waals surface area contributed by atoms with Crippen LogP contribution in [0.1, 0.15) is 44.6 Å². The fourth-order valence-corrected chi connectivity index (χ4v) is 2.25. The summed E-state index contributed by atoms with van der Waals surface area (Å²) in [5.41, 5.74) is 0.453. The van der Waals surface area contributed by atoms with Gasteiger partial charge in [0.2, 0.25) is 0 Å². The number of benzene rings is 1. The van der Waals surface area contributed by atoms with Crippen LogP contribution >= 0.6 is 11.6 Å². The van der Waals surface area contributed by atoms with E-state index in [4.69, 9.17) is 26.7 Å². The monoisotopic (exact) mass is 324 g/mol. The van der Waals surface area contributed by atoms with Crippen molar-refractivity contribution in [2.24, 2.45) is 0 Å². The van der Waals surface area contributed by atoms with Crippen LogP contribution < -0.4 is 10.1 Å². The highest BCUT2D eigenvalue weighted by Gasteiger charge is 2.13. The van der Waals surface area contributed by atoms with Crippen LogP contribution in [0.15, 0.2) is 18.2 Å². The molecule has 0 aliphatic carbocycles. The van der Waals surface area contributed by atoms with Crippen molar-refractivity contribution < 1.29 is 14.6 Å². The van der Waals surface area contributed by atoms with Crippen LogP contribution in [0.25, 0.3) is 0 Å². The molecule has 1 rings (SSSR count). The van der Waals surface area contributed by atoms with Crippen molar-refractivity contribution in [2.45, 2.75) is 45.1 Å². The summed E-state index contributed by atoms with van der Waals surface area (Å²) in [5.74, 6) is 0.488. The molecular weight excluding hydrogens is 304 g/mol. The van der Waals surface area contributed by atoms with E-state index in [2.05, 4.69) is 18.3 Å². The maximum atomic E-state index is 10.4. The van der Waals surface area contributed by atoms with Gasteiger partial charge in [0.05, 0.1) is 11.7 Å².